The van der Waals surface area contributed by atoms with E-state index in [9.17, 15) is 36.7 Å². The quantitative estimate of drug-likeness (QED) is 0.128. The van der Waals surface area contributed by atoms with Crippen LogP contribution >= 0.6 is 0 Å². The summed E-state index contributed by atoms with van der Waals surface area (Å²) in [5, 5.41) is 5.31. The van der Waals surface area contributed by atoms with E-state index in [1.807, 2.05) is 6.92 Å². The molecule has 0 saturated heterocycles. The molecule has 4 atom stereocenters. The molecule has 316 valence electrons. The fourth-order valence-corrected chi connectivity index (χ4v) is 6.96. The fourth-order valence-electron chi connectivity index (χ4n) is 6.96. The van der Waals surface area contributed by atoms with Gasteiger partial charge in [-0.15, -0.1) is 6.58 Å². The molecular weight excluding hydrogens is 785 g/mol. The van der Waals surface area contributed by atoms with Crippen molar-refractivity contribution in [3.8, 4) is 5.75 Å². The van der Waals surface area contributed by atoms with E-state index < -0.39 is 71.1 Å². The zero-order valence-electron chi connectivity index (χ0n) is 33.4. The molecule has 16 heteroatoms. The number of nitrogens with one attached hydrogen (secondary N) is 2. The van der Waals surface area contributed by atoms with Gasteiger partial charge >= 0.3 is 0 Å². The SMILES string of the molecule is C=CCN(C(=O)C(Cc1cc(F)cc(F)c1)NC(=O)C1N=CN(C)C1C(=O)N[C@@H](Cc1cc(F)cc(F)c1)C(=O)N(C=C)C1=CC=C(OC)CC1)c1ccc(OCC)cc1. The number of methoxy groups -OCH3 is 1. The number of amides is 4. The number of halogens is 4. The molecule has 2 N–H and O–H groups in total. The van der Waals surface area contributed by atoms with E-state index in [4.69, 9.17) is 9.47 Å². The van der Waals surface area contributed by atoms with Crippen LogP contribution in [0.1, 0.15) is 30.9 Å². The van der Waals surface area contributed by atoms with Crippen molar-refractivity contribution in [1.82, 2.24) is 20.4 Å². The van der Waals surface area contributed by atoms with Crippen LogP contribution in [0.5, 0.6) is 5.75 Å². The summed E-state index contributed by atoms with van der Waals surface area (Å²) in [6.07, 6.45) is 7.43. The van der Waals surface area contributed by atoms with E-state index >= 15 is 0 Å². The van der Waals surface area contributed by atoms with Gasteiger partial charge in [0.15, 0.2) is 6.04 Å². The number of benzene rings is 3. The second-order valence-corrected chi connectivity index (χ2v) is 14.0. The third kappa shape index (κ3) is 11.1. The third-order valence-electron chi connectivity index (χ3n) is 9.76. The van der Waals surface area contributed by atoms with Crippen LogP contribution in [0.2, 0.25) is 0 Å². The minimum atomic E-state index is -1.50. The van der Waals surface area contributed by atoms with Gasteiger partial charge in [-0.05, 0) is 85.2 Å². The molecule has 0 saturated carbocycles. The zero-order chi connectivity index (χ0) is 43.5. The maximum atomic E-state index is 14.4. The number of allylic oxidation sites excluding steroid dienone is 4. The highest BCUT2D eigenvalue weighted by atomic mass is 19.1. The predicted octanol–water partition coefficient (Wildman–Crippen LogP) is 5.51. The number of rotatable bonds is 18. The van der Waals surface area contributed by atoms with Crippen LogP contribution in [0.3, 0.4) is 0 Å². The lowest BCUT2D eigenvalue weighted by molar-refractivity contribution is -0.136. The summed E-state index contributed by atoms with van der Waals surface area (Å²) in [6.45, 7) is 9.73. The number of anilines is 1. The molecule has 0 aromatic heterocycles. The predicted molar refractivity (Wildman–Crippen MR) is 217 cm³/mol. The minimum absolute atomic E-state index is 0.0147. The van der Waals surface area contributed by atoms with Gasteiger partial charge in [-0.1, -0.05) is 12.7 Å². The first kappa shape index (κ1) is 44.4. The van der Waals surface area contributed by atoms with Gasteiger partial charge < -0.3 is 29.9 Å². The average molecular weight is 831 g/mol. The molecule has 4 amide bonds. The molecule has 60 heavy (non-hydrogen) atoms. The number of nitrogens with zero attached hydrogens (tertiary/aromatic N) is 4. The van der Waals surface area contributed by atoms with Gasteiger partial charge in [-0.2, -0.15) is 0 Å². The third-order valence-corrected chi connectivity index (χ3v) is 9.76. The Kier molecular flexibility index (Phi) is 15.0. The average Bonchev–Trinajstić information content (AvgIpc) is 3.61. The molecule has 0 fully saturated rings. The lowest BCUT2D eigenvalue weighted by Gasteiger charge is -2.31. The highest BCUT2D eigenvalue weighted by molar-refractivity contribution is 6.03. The molecule has 1 aliphatic heterocycles. The Morgan fingerprint density at radius 3 is 1.92 bits per heavy atom. The molecule has 3 aromatic rings. The Morgan fingerprint density at radius 1 is 0.850 bits per heavy atom. The number of carbonyl (C=O) groups is 4. The normalized spacial score (nSPS) is 16.8. The van der Waals surface area contributed by atoms with E-state index in [0.29, 0.717) is 54.5 Å². The van der Waals surface area contributed by atoms with Crippen molar-refractivity contribution in [3.63, 3.8) is 0 Å². The summed E-state index contributed by atoms with van der Waals surface area (Å²) >= 11 is 0. The first-order chi connectivity index (χ1) is 28.7. The van der Waals surface area contributed by atoms with Crippen LogP contribution in [-0.4, -0.2) is 91.2 Å². The van der Waals surface area contributed by atoms with E-state index in [1.54, 1.807) is 36.4 Å². The summed E-state index contributed by atoms with van der Waals surface area (Å²) in [5.74, 6) is -5.46. The highest BCUT2D eigenvalue weighted by Gasteiger charge is 2.43. The van der Waals surface area contributed by atoms with Crippen LogP contribution < -0.4 is 20.3 Å². The van der Waals surface area contributed by atoms with Crippen molar-refractivity contribution < 1.29 is 46.2 Å². The van der Waals surface area contributed by atoms with E-state index in [1.165, 1.54) is 47.5 Å². The van der Waals surface area contributed by atoms with Crippen molar-refractivity contribution in [1.29, 1.82) is 0 Å². The molecule has 1 heterocycles. The Hall–Kier alpha value is -6.71. The number of hydrogen-bond acceptors (Lipinski definition) is 8. The monoisotopic (exact) mass is 830 g/mol. The first-order valence-corrected chi connectivity index (χ1v) is 19.1. The highest BCUT2D eigenvalue weighted by Crippen LogP contribution is 2.25. The van der Waals surface area contributed by atoms with Crippen molar-refractivity contribution in [2.75, 3.05) is 32.2 Å². The largest absolute Gasteiger partial charge is 0.501 e. The van der Waals surface area contributed by atoms with Crippen LogP contribution in [0, 0.1) is 23.3 Å². The van der Waals surface area contributed by atoms with Crippen LogP contribution in [0.4, 0.5) is 23.2 Å². The van der Waals surface area contributed by atoms with Crippen molar-refractivity contribution in [2.24, 2.45) is 4.99 Å². The van der Waals surface area contributed by atoms with Gasteiger partial charge in [0.2, 0.25) is 17.7 Å². The Bertz CT molecular complexity index is 2150. The molecular formula is C44H46F4N6O6. The Labute approximate surface area is 345 Å². The molecule has 0 bridgehead atoms. The smallest absolute Gasteiger partial charge is 0.253 e. The summed E-state index contributed by atoms with van der Waals surface area (Å²) in [5.41, 5.74) is 1.04. The molecule has 0 spiro atoms. The number of ether oxygens (including phenoxy) is 2. The van der Waals surface area contributed by atoms with Crippen molar-refractivity contribution in [3.05, 3.63) is 144 Å². The molecule has 2 aliphatic rings. The summed E-state index contributed by atoms with van der Waals surface area (Å²) in [7, 11) is 2.99. The second kappa shape index (κ2) is 20.3. The topological polar surface area (TPSA) is 133 Å². The number of aliphatic imine (C=N–C) groups is 1. The van der Waals surface area contributed by atoms with Gasteiger partial charge in [0.1, 0.15) is 47.1 Å². The maximum absolute atomic E-state index is 14.4. The maximum Gasteiger partial charge on any atom is 0.253 e. The summed E-state index contributed by atoms with van der Waals surface area (Å²) in [4.78, 5) is 65.1. The lowest BCUT2D eigenvalue weighted by Crippen LogP contribution is -2.59. The number of carbonyl (C=O) groups excluding carboxylic acids is 4. The molecule has 3 unspecified atom stereocenters. The Morgan fingerprint density at radius 2 is 1.42 bits per heavy atom. The van der Waals surface area contributed by atoms with Crippen LogP contribution in [0.15, 0.2) is 115 Å². The van der Waals surface area contributed by atoms with E-state index in [0.717, 1.165) is 24.3 Å². The first-order valence-electron chi connectivity index (χ1n) is 19.1. The number of likely N-dealkylation sites (N-methyl/N-ethyl adjacent to an activating group) is 1. The Balaban J connectivity index is 1.44. The van der Waals surface area contributed by atoms with Gasteiger partial charge in [0.25, 0.3) is 5.91 Å². The second-order valence-electron chi connectivity index (χ2n) is 14.0. The minimum Gasteiger partial charge on any atom is -0.501 e. The summed E-state index contributed by atoms with van der Waals surface area (Å²) in [6, 6.07) is 6.30. The van der Waals surface area contributed by atoms with Gasteiger partial charge in [-0.3, -0.25) is 29.1 Å². The fraction of sp³-hybridized carbons (Fsp3) is 0.295. The van der Waals surface area contributed by atoms with Crippen molar-refractivity contribution >= 4 is 35.7 Å². The molecule has 1 aliphatic carbocycles. The lowest BCUT2D eigenvalue weighted by atomic mass is 10.00. The van der Waals surface area contributed by atoms with E-state index in [-0.39, 0.29) is 30.5 Å². The summed E-state index contributed by atoms with van der Waals surface area (Å²) < 4.78 is 68.2. The van der Waals surface area contributed by atoms with Crippen molar-refractivity contribution in [2.45, 2.75) is 56.8 Å². The van der Waals surface area contributed by atoms with Gasteiger partial charge in [0, 0.05) is 62.6 Å². The van der Waals surface area contributed by atoms with E-state index in [2.05, 4.69) is 28.8 Å². The molecule has 3 aromatic carbocycles. The standard InChI is InChI=1S/C44H46F4N6O6/c1-6-17-54(34-11-15-36(16-12-34)60-8-3)44(58)38(23-28-20-31(47)25-32(48)21-28)50-41(55)39-40(52(4)26-49-39)42(56)51-37(22-27-18-29(45)24-30(46)19-27)43(57)53(7-2)33-9-13-35(59-5)14-10-33/h6-7,9,11-13,15-16,18-21,24-26,37-40H,1-2,8,10,14,17,22-23H2,3-5H3,(H,50,55)(H,51,56)/t37-,38?,39?,40?/m0/s1. The molecule has 5 rings (SSSR count). The molecule has 12 nitrogen and oxygen atoms in total. The van der Waals surface area contributed by atoms with Gasteiger partial charge in [0.05, 0.1) is 25.8 Å². The van der Waals surface area contributed by atoms with Gasteiger partial charge in [-0.25, -0.2) is 17.6 Å². The molecule has 0 radical (unpaired) electrons. The van der Waals surface area contributed by atoms with Crippen LogP contribution in [0.25, 0.3) is 0 Å². The zero-order valence-corrected chi connectivity index (χ0v) is 33.4. The number of hydrogen-bond donors (Lipinski definition) is 2. The van der Waals surface area contributed by atoms with Crippen LogP contribution in [-0.2, 0) is 36.8 Å².